The van der Waals surface area contributed by atoms with Crippen LogP contribution >= 0.6 is 21.6 Å². The van der Waals surface area contributed by atoms with Crippen LogP contribution in [0.15, 0.2) is 30.3 Å². The molecule has 1 amide bonds. The minimum Gasteiger partial charge on any atom is -0.352 e. The van der Waals surface area contributed by atoms with Crippen LogP contribution in [0, 0.1) is 0 Å². The van der Waals surface area contributed by atoms with Gasteiger partial charge >= 0.3 is 0 Å². The zero-order valence-electron chi connectivity index (χ0n) is 14.3. The minimum atomic E-state index is 0.245. The summed E-state index contributed by atoms with van der Waals surface area (Å²) >= 11 is 0. The average molecular weight is 365 g/mol. The number of likely N-dealkylation sites (tertiary alicyclic amines) is 1. The number of rotatable bonds is 8. The van der Waals surface area contributed by atoms with E-state index in [1.165, 1.54) is 30.6 Å². The van der Waals surface area contributed by atoms with Gasteiger partial charge in [0.15, 0.2) is 0 Å². The molecule has 1 aromatic rings. The first-order valence-corrected chi connectivity index (χ1v) is 11.5. The van der Waals surface area contributed by atoms with E-state index in [1.54, 1.807) is 0 Å². The summed E-state index contributed by atoms with van der Waals surface area (Å²) in [5, 5.41) is 4.07. The fraction of sp³-hybridized carbons (Fsp3) is 0.632. The molecule has 0 radical (unpaired) electrons. The van der Waals surface area contributed by atoms with Crippen molar-refractivity contribution in [2.75, 3.05) is 18.8 Å². The molecule has 3 nitrogen and oxygen atoms in total. The highest BCUT2D eigenvalue weighted by atomic mass is 33.1. The second-order valence-electron chi connectivity index (χ2n) is 6.85. The minimum absolute atomic E-state index is 0.245. The van der Waals surface area contributed by atoms with Gasteiger partial charge in [0, 0.05) is 43.1 Å². The van der Waals surface area contributed by atoms with Gasteiger partial charge in [0.1, 0.15) is 0 Å². The predicted octanol–water partition coefficient (Wildman–Crippen LogP) is 4.09. The number of benzene rings is 1. The third kappa shape index (κ3) is 6.01. The quantitative estimate of drug-likeness (QED) is 0.556. The molecule has 2 aliphatic heterocycles. The van der Waals surface area contributed by atoms with E-state index < -0.39 is 0 Å². The Kier molecular flexibility index (Phi) is 7.36. The number of hydrogen-bond donors (Lipinski definition) is 1. The highest BCUT2D eigenvalue weighted by Crippen LogP contribution is 2.39. The molecule has 0 saturated carbocycles. The van der Waals surface area contributed by atoms with E-state index in [4.69, 9.17) is 0 Å². The molecule has 3 rings (SSSR count). The van der Waals surface area contributed by atoms with Gasteiger partial charge in [0.05, 0.1) is 0 Å². The van der Waals surface area contributed by atoms with Crippen LogP contribution in [0.25, 0.3) is 0 Å². The van der Waals surface area contributed by atoms with E-state index in [0.717, 1.165) is 37.7 Å². The first-order chi connectivity index (χ1) is 11.8. The van der Waals surface area contributed by atoms with E-state index >= 15 is 0 Å². The summed E-state index contributed by atoms with van der Waals surface area (Å²) in [6, 6.07) is 10.9. The number of amides is 1. The summed E-state index contributed by atoms with van der Waals surface area (Å²) in [5.74, 6) is 1.55. The normalized spacial score (nSPS) is 24.3. The molecule has 0 aromatic heterocycles. The van der Waals surface area contributed by atoms with Gasteiger partial charge in [-0.3, -0.25) is 9.69 Å². The average Bonchev–Trinajstić information content (AvgIpc) is 3.25. The van der Waals surface area contributed by atoms with Crippen molar-refractivity contribution >= 4 is 27.5 Å². The smallest absolute Gasteiger partial charge is 0.220 e. The SMILES string of the molecule is O=C(CCCCC1CCSS1)NC1CCN(Cc2ccccc2)C1. The highest BCUT2D eigenvalue weighted by molar-refractivity contribution is 8.77. The molecule has 2 unspecified atom stereocenters. The van der Waals surface area contributed by atoms with Gasteiger partial charge in [0.2, 0.25) is 5.91 Å². The highest BCUT2D eigenvalue weighted by Gasteiger charge is 2.23. The fourth-order valence-electron chi connectivity index (χ4n) is 3.46. The van der Waals surface area contributed by atoms with Crippen LogP contribution in [0.1, 0.15) is 44.1 Å². The lowest BCUT2D eigenvalue weighted by atomic mass is 10.1. The third-order valence-corrected chi connectivity index (χ3v) is 7.80. The zero-order valence-corrected chi connectivity index (χ0v) is 15.9. The third-order valence-electron chi connectivity index (χ3n) is 4.79. The molecule has 2 fully saturated rings. The Bertz CT molecular complexity index is 505. The number of unbranched alkanes of at least 4 members (excludes halogenated alkanes) is 1. The number of hydrogen-bond acceptors (Lipinski definition) is 4. The maximum atomic E-state index is 12.1. The van der Waals surface area contributed by atoms with E-state index in [-0.39, 0.29) is 5.91 Å². The Morgan fingerprint density at radius 1 is 1.21 bits per heavy atom. The van der Waals surface area contributed by atoms with E-state index in [1.807, 2.05) is 21.6 Å². The standard InChI is InChI=1S/C19H28N2OS2/c22-19(9-5-4-8-18-11-13-23-24-18)20-17-10-12-21(15-17)14-16-6-2-1-3-7-16/h1-3,6-7,17-18H,4-5,8-15H2,(H,20,22). The van der Waals surface area contributed by atoms with Crippen LogP contribution in [0.3, 0.4) is 0 Å². The van der Waals surface area contributed by atoms with Crippen molar-refractivity contribution in [2.24, 2.45) is 0 Å². The number of nitrogens with one attached hydrogen (secondary N) is 1. The van der Waals surface area contributed by atoms with Crippen LogP contribution in [0.5, 0.6) is 0 Å². The number of nitrogens with zero attached hydrogens (tertiary/aromatic N) is 1. The second-order valence-corrected chi connectivity index (χ2v) is 9.64. The van der Waals surface area contributed by atoms with E-state index in [0.29, 0.717) is 12.5 Å². The summed E-state index contributed by atoms with van der Waals surface area (Å²) in [6.07, 6.45) is 6.62. The zero-order chi connectivity index (χ0) is 16.6. The Hall–Kier alpha value is -0.650. The van der Waals surface area contributed by atoms with Crippen LogP contribution in [-0.4, -0.2) is 40.9 Å². The monoisotopic (exact) mass is 364 g/mol. The Morgan fingerprint density at radius 3 is 2.88 bits per heavy atom. The first kappa shape index (κ1) is 18.2. The molecule has 2 saturated heterocycles. The fourth-order valence-corrected chi connectivity index (χ4v) is 6.49. The van der Waals surface area contributed by atoms with Gasteiger partial charge < -0.3 is 5.32 Å². The van der Waals surface area contributed by atoms with Crippen LogP contribution in [-0.2, 0) is 11.3 Å². The molecule has 1 aromatic carbocycles. The molecular weight excluding hydrogens is 336 g/mol. The molecule has 0 spiro atoms. The lowest BCUT2D eigenvalue weighted by Crippen LogP contribution is -2.36. The Labute approximate surface area is 153 Å². The molecule has 1 N–H and O–H groups in total. The summed E-state index contributed by atoms with van der Waals surface area (Å²) in [6.45, 7) is 3.05. The molecule has 2 heterocycles. The molecule has 0 bridgehead atoms. The summed E-state index contributed by atoms with van der Waals surface area (Å²) in [5.41, 5.74) is 1.35. The summed E-state index contributed by atoms with van der Waals surface area (Å²) < 4.78 is 0. The first-order valence-electron chi connectivity index (χ1n) is 9.13. The summed E-state index contributed by atoms with van der Waals surface area (Å²) in [4.78, 5) is 14.6. The van der Waals surface area contributed by atoms with Crippen molar-refractivity contribution in [2.45, 2.75) is 56.4 Å². The van der Waals surface area contributed by atoms with Gasteiger partial charge in [-0.1, -0.05) is 58.3 Å². The molecule has 132 valence electrons. The van der Waals surface area contributed by atoms with E-state index in [2.05, 4.69) is 40.5 Å². The van der Waals surface area contributed by atoms with Crippen LogP contribution in [0.2, 0.25) is 0 Å². The lowest BCUT2D eigenvalue weighted by Gasteiger charge is -2.17. The largest absolute Gasteiger partial charge is 0.352 e. The van der Waals surface area contributed by atoms with Gasteiger partial charge in [-0.25, -0.2) is 0 Å². The molecule has 2 aliphatic rings. The molecule has 5 heteroatoms. The van der Waals surface area contributed by atoms with Crippen LogP contribution < -0.4 is 5.32 Å². The number of carbonyl (C=O) groups excluding carboxylic acids is 1. The maximum absolute atomic E-state index is 12.1. The van der Waals surface area contributed by atoms with Crippen molar-refractivity contribution in [3.63, 3.8) is 0 Å². The molecule has 2 atom stereocenters. The topological polar surface area (TPSA) is 32.3 Å². The summed E-state index contributed by atoms with van der Waals surface area (Å²) in [7, 11) is 4.04. The Balaban J connectivity index is 1.28. The predicted molar refractivity (Wildman–Crippen MR) is 105 cm³/mol. The second kappa shape index (κ2) is 9.73. The number of carbonyl (C=O) groups is 1. The molecule has 0 aliphatic carbocycles. The molecule has 24 heavy (non-hydrogen) atoms. The van der Waals surface area contributed by atoms with Gasteiger partial charge in [-0.15, -0.1) is 0 Å². The van der Waals surface area contributed by atoms with Crippen molar-refractivity contribution in [3.8, 4) is 0 Å². The van der Waals surface area contributed by atoms with Gasteiger partial charge in [-0.05, 0) is 31.2 Å². The van der Waals surface area contributed by atoms with Crippen molar-refractivity contribution < 1.29 is 4.79 Å². The molecular formula is C19H28N2OS2. The van der Waals surface area contributed by atoms with Gasteiger partial charge in [-0.2, -0.15) is 0 Å². The Morgan fingerprint density at radius 2 is 2.08 bits per heavy atom. The maximum Gasteiger partial charge on any atom is 0.220 e. The van der Waals surface area contributed by atoms with Crippen molar-refractivity contribution in [1.82, 2.24) is 10.2 Å². The van der Waals surface area contributed by atoms with Crippen LogP contribution in [0.4, 0.5) is 0 Å². The van der Waals surface area contributed by atoms with Crippen molar-refractivity contribution in [3.05, 3.63) is 35.9 Å². The van der Waals surface area contributed by atoms with Crippen molar-refractivity contribution in [1.29, 1.82) is 0 Å². The van der Waals surface area contributed by atoms with Gasteiger partial charge in [0.25, 0.3) is 0 Å². The lowest BCUT2D eigenvalue weighted by molar-refractivity contribution is -0.121. The van der Waals surface area contributed by atoms with E-state index in [9.17, 15) is 4.79 Å².